The molecule has 35 heavy (non-hydrogen) atoms. The highest BCUT2D eigenvalue weighted by Gasteiger charge is 2.34. The van der Waals surface area contributed by atoms with E-state index >= 15 is 4.39 Å². The van der Waals surface area contributed by atoms with Gasteiger partial charge in [-0.3, -0.25) is 19.8 Å². The number of carbonyl (C=O) groups is 3. The summed E-state index contributed by atoms with van der Waals surface area (Å²) in [5.74, 6) is -1.80. The minimum atomic E-state index is -3.06. The van der Waals surface area contributed by atoms with Crippen molar-refractivity contribution in [3.8, 4) is 0 Å². The Hall–Kier alpha value is -3.39. The van der Waals surface area contributed by atoms with Crippen molar-refractivity contribution in [2.24, 2.45) is 0 Å². The number of cyclic esters (lactones) is 1. The highest BCUT2D eigenvalue weighted by molar-refractivity contribution is 7.13. The number of thiazole rings is 1. The second-order valence-corrected chi connectivity index (χ2v) is 8.64. The number of urea groups is 1. The van der Waals surface area contributed by atoms with Crippen LogP contribution in [0.1, 0.15) is 12.8 Å². The molecule has 1 aromatic heterocycles. The fourth-order valence-electron chi connectivity index (χ4n) is 3.70. The van der Waals surface area contributed by atoms with Gasteiger partial charge in [0.2, 0.25) is 0 Å². The number of Topliss-reactive ketones (excluding diaryl/α,β-unsaturated/α-hetero) is 1. The van der Waals surface area contributed by atoms with E-state index in [1.54, 1.807) is 22.5 Å². The molecule has 0 unspecified atom stereocenters. The Bertz CT molecular complexity index is 1070. The first kappa shape index (κ1) is 24.7. The number of hydroxylamine groups is 2. The number of carbonyl (C=O) groups excluding carboxylic acids is 3. The first-order chi connectivity index (χ1) is 16.8. The van der Waals surface area contributed by atoms with Crippen molar-refractivity contribution >= 4 is 45.8 Å². The van der Waals surface area contributed by atoms with Gasteiger partial charge in [0.15, 0.2) is 10.9 Å². The van der Waals surface area contributed by atoms with E-state index in [0.717, 1.165) is 5.06 Å². The molecule has 4 rings (SSSR count). The van der Waals surface area contributed by atoms with Crippen molar-refractivity contribution < 1.29 is 37.1 Å². The second-order valence-electron chi connectivity index (χ2n) is 7.75. The number of amides is 3. The van der Waals surface area contributed by atoms with Gasteiger partial charge in [-0.25, -0.2) is 32.8 Å². The lowest BCUT2D eigenvalue weighted by Gasteiger charge is -2.23. The highest BCUT2D eigenvalue weighted by atomic mass is 32.1. The zero-order valence-electron chi connectivity index (χ0n) is 18.4. The van der Waals surface area contributed by atoms with Gasteiger partial charge < -0.3 is 9.64 Å². The van der Waals surface area contributed by atoms with Crippen LogP contribution in [0, 0.1) is 5.82 Å². The number of benzene rings is 1. The molecule has 3 amide bonds. The van der Waals surface area contributed by atoms with Gasteiger partial charge in [-0.1, -0.05) is 0 Å². The van der Waals surface area contributed by atoms with Crippen molar-refractivity contribution in [2.45, 2.75) is 25.4 Å². The molecule has 0 aliphatic carbocycles. The minimum absolute atomic E-state index is 0.0227. The maximum Gasteiger partial charge on any atom is 0.414 e. The number of ether oxygens (including phenoxy) is 1. The molecule has 3 heterocycles. The van der Waals surface area contributed by atoms with Crippen molar-refractivity contribution in [1.82, 2.24) is 10.0 Å². The molecule has 0 bridgehead atoms. The molecule has 0 radical (unpaired) electrons. The fraction of sp³-hybridized carbons (Fsp3) is 0.429. The third kappa shape index (κ3) is 6.00. The summed E-state index contributed by atoms with van der Waals surface area (Å²) in [5.41, 5.74) is 0.514. The van der Waals surface area contributed by atoms with E-state index in [1.807, 2.05) is 0 Å². The summed E-state index contributed by atoms with van der Waals surface area (Å²) >= 11 is 1.27. The molecule has 2 aliphatic heterocycles. The average molecular weight is 513 g/mol. The monoisotopic (exact) mass is 513 g/mol. The number of aromatic nitrogens is 1. The van der Waals surface area contributed by atoms with Gasteiger partial charge in [0, 0.05) is 31.1 Å². The SMILES string of the molecule is O=C(CC[C@H]1CN(c2ccc(N3CCON(C(=O)Nc4nccs4)CC3)c(F)c2)C(=O)O1)C(F)F. The van der Waals surface area contributed by atoms with E-state index in [9.17, 15) is 23.2 Å². The molecule has 14 heteroatoms. The van der Waals surface area contributed by atoms with E-state index in [0.29, 0.717) is 18.2 Å². The number of hydrogen-bond acceptors (Lipinski definition) is 8. The van der Waals surface area contributed by atoms with E-state index in [2.05, 4.69) is 10.3 Å². The Kier molecular flexibility index (Phi) is 7.70. The normalized spacial score (nSPS) is 18.6. The van der Waals surface area contributed by atoms with Crippen LogP contribution in [-0.4, -0.2) is 73.3 Å². The number of rotatable bonds is 7. The van der Waals surface area contributed by atoms with E-state index in [-0.39, 0.29) is 37.5 Å². The van der Waals surface area contributed by atoms with Crippen LogP contribution in [0.25, 0.3) is 0 Å². The van der Waals surface area contributed by atoms with Crippen LogP contribution in [-0.2, 0) is 14.4 Å². The molecule has 2 aromatic rings. The van der Waals surface area contributed by atoms with Gasteiger partial charge in [0.25, 0.3) is 6.43 Å². The Labute approximate surface area is 202 Å². The number of nitrogens with zero attached hydrogens (tertiary/aromatic N) is 4. The lowest BCUT2D eigenvalue weighted by Crippen LogP contribution is -2.37. The topological polar surface area (TPSA) is 104 Å². The van der Waals surface area contributed by atoms with Gasteiger partial charge in [-0.2, -0.15) is 0 Å². The first-order valence-electron chi connectivity index (χ1n) is 10.8. The van der Waals surface area contributed by atoms with Crippen molar-refractivity contribution in [3.63, 3.8) is 0 Å². The zero-order valence-corrected chi connectivity index (χ0v) is 19.2. The molecule has 2 saturated heterocycles. The quantitative estimate of drug-likeness (QED) is 0.604. The Morgan fingerprint density at radius 3 is 2.80 bits per heavy atom. The number of hydrogen-bond donors (Lipinski definition) is 1. The molecule has 1 atom stereocenters. The summed E-state index contributed by atoms with van der Waals surface area (Å²) in [5, 5.41) is 5.94. The first-order valence-corrected chi connectivity index (χ1v) is 11.6. The zero-order chi connectivity index (χ0) is 24.9. The predicted octanol–water partition coefficient (Wildman–Crippen LogP) is 3.51. The van der Waals surface area contributed by atoms with E-state index in [1.165, 1.54) is 28.4 Å². The Morgan fingerprint density at radius 2 is 2.09 bits per heavy atom. The van der Waals surface area contributed by atoms with Gasteiger partial charge in [-0.15, -0.1) is 11.3 Å². The van der Waals surface area contributed by atoms with Gasteiger partial charge >= 0.3 is 12.1 Å². The number of anilines is 3. The molecular formula is C21H22F3N5O5S. The Morgan fingerprint density at radius 1 is 1.26 bits per heavy atom. The number of halogens is 3. The summed E-state index contributed by atoms with van der Waals surface area (Å²) in [6.45, 7) is 0.964. The van der Waals surface area contributed by atoms with Crippen LogP contribution in [0.15, 0.2) is 29.8 Å². The van der Waals surface area contributed by atoms with Crippen LogP contribution in [0.3, 0.4) is 0 Å². The van der Waals surface area contributed by atoms with Crippen LogP contribution in [0.5, 0.6) is 0 Å². The van der Waals surface area contributed by atoms with E-state index < -0.39 is 42.7 Å². The average Bonchev–Trinajstić information content (AvgIpc) is 3.39. The van der Waals surface area contributed by atoms with Gasteiger partial charge in [-0.05, 0) is 24.6 Å². The van der Waals surface area contributed by atoms with Gasteiger partial charge in [0.05, 0.1) is 31.1 Å². The number of ketones is 1. The smallest absolute Gasteiger partial charge is 0.414 e. The van der Waals surface area contributed by atoms with Crippen LogP contribution >= 0.6 is 11.3 Å². The molecule has 1 N–H and O–H groups in total. The van der Waals surface area contributed by atoms with Crippen molar-refractivity contribution in [3.05, 3.63) is 35.6 Å². The number of nitrogens with one attached hydrogen (secondary N) is 1. The molecule has 1 aromatic carbocycles. The summed E-state index contributed by atoms with van der Waals surface area (Å²) in [4.78, 5) is 48.1. The Balaban J connectivity index is 1.35. The van der Waals surface area contributed by atoms with Crippen molar-refractivity contribution in [2.75, 3.05) is 47.9 Å². The molecule has 0 spiro atoms. The molecule has 188 valence electrons. The highest BCUT2D eigenvalue weighted by Crippen LogP contribution is 2.29. The molecule has 2 aliphatic rings. The summed E-state index contributed by atoms with van der Waals surface area (Å²) in [6.07, 6.45) is -3.42. The third-order valence-corrected chi connectivity index (χ3v) is 6.16. The summed E-state index contributed by atoms with van der Waals surface area (Å²) in [7, 11) is 0. The number of alkyl halides is 2. The lowest BCUT2D eigenvalue weighted by atomic mass is 10.1. The molecule has 2 fully saturated rings. The lowest BCUT2D eigenvalue weighted by molar-refractivity contribution is -0.129. The van der Waals surface area contributed by atoms with Crippen molar-refractivity contribution in [1.29, 1.82) is 0 Å². The predicted molar refractivity (Wildman–Crippen MR) is 120 cm³/mol. The van der Waals surface area contributed by atoms with Gasteiger partial charge in [0.1, 0.15) is 11.9 Å². The third-order valence-electron chi connectivity index (χ3n) is 5.47. The standard InChI is InChI=1S/C21H22F3N5O5S/c22-15-11-13(28-12-14(34-21(28)32)2-4-17(30)18(23)24)1-3-16(15)27-6-7-29(33-9-8-27)20(31)26-19-25-5-10-35-19/h1,3,5,10-11,14,18H,2,4,6-9,12H2,(H,25,26,31)/t14-/m0/s1. The largest absolute Gasteiger partial charge is 0.444 e. The molecule has 0 saturated carbocycles. The van der Waals surface area contributed by atoms with Crippen LogP contribution in [0.2, 0.25) is 0 Å². The molecule has 10 nitrogen and oxygen atoms in total. The second kappa shape index (κ2) is 10.9. The maximum absolute atomic E-state index is 15.0. The van der Waals surface area contributed by atoms with Crippen LogP contribution in [0.4, 0.5) is 39.3 Å². The molecular weight excluding hydrogens is 491 g/mol. The summed E-state index contributed by atoms with van der Waals surface area (Å²) < 4.78 is 44.9. The maximum atomic E-state index is 15.0. The van der Waals surface area contributed by atoms with Crippen LogP contribution < -0.4 is 15.1 Å². The summed E-state index contributed by atoms with van der Waals surface area (Å²) in [6, 6.07) is 3.76. The fourth-order valence-corrected chi connectivity index (χ4v) is 4.22. The van der Waals surface area contributed by atoms with E-state index in [4.69, 9.17) is 9.57 Å². The minimum Gasteiger partial charge on any atom is -0.444 e.